The lowest BCUT2D eigenvalue weighted by molar-refractivity contribution is 0.0698. The highest BCUT2D eigenvalue weighted by Crippen LogP contribution is 2.21. The molecule has 1 atom stereocenters. The van der Waals surface area contributed by atoms with E-state index in [1.807, 2.05) is 0 Å². The number of nitrogens with zero attached hydrogens (tertiary/aromatic N) is 1. The minimum absolute atomic E-state index is 0.0932. The van der Waals surface area contributed by atoms with Gasteiger partial charge in [0.25, 0.3) is 0 Å². The van der Waals surface area contributed by atoms with Gasteiger partial charge in [-0.3, -0.25) is 0 Å². The van der Waals surface area contributed by atoms with Crippen molar-refractivity contribution in [2.45, 2.75) is 52.0 Å². The second-order valence-corrected chi connectivity index (χ2v) is 4.82. The first kappa shape index (κ1) is 15.3. The number of carboxylic acid groups (broad SMARTS) is 1. The number of pyridine rings is 1. The van der Waals surface area contributed by atoms with Crippen LogP contribution >= 0.6 is 0 Å². The second-order valence-electron chi connectivity index (χ2n) is 4.82. The van der Waals surface area contributed by atoms with Gasteiger partial charge in [0, 0.05) is 12.2 Å². The number of hydrogen-bond donors (Lipinski definition) is 3. The van der Waals surface area contributed by atoms with Gasteiger partial charge >= 0.3 is 5.97 Å². The van der Waals surface area contributed by atoms with Crippen molar-refractivity contribution in [3.63, 3.8) is 0 Å². The van der Waals surface area contributed by atoms with Crippen LogP contribution in [0.1, 0.15) is 56.3 Å². The van der Waals surface area contributed by atoms with Crippen LogP contribution in [0.25, 0.3) is 0 Å². The third-order valence-electron chi connectivity index (χ3n) is 3.09. The molecule has 0 bridgehead atoms. The maximum absolute atomic E-state index is 11.0. The maximum atomic E-state index is 11.0. The number of anilines is 2. The van der Waals surface area contributed by atoms with Crippen molar-refractivity contribution < 1.29 is 9.90 Å². The highest BCUT2D eigenvalue weighted by atomic mass is 16.4. The Hall–Kier alpha value is -1.78. The Balaban J connectivity index is 2.57. The van der Waals surface area contributed by atoms with Crippen molar-refractivity contribution in [2.24, 2.45) is 0 Å². The average Bonchev–Trinajstić information content (AvgIpc) is 2.37. The van der Waals surface area contributed by atoms with E-state index in [0.717, 1.165) is 12.8 Å². The Labute approximate surface area is 114 Å². The highest BCUT2D eigenvalue weighted by molar-refractivity contribution is 5.96. The van der Waals surface area contributed by atoms with E-state index in [9.17, 15) is 4.79 Å². The first-order valence-corrected chi connectivity index (χ1v) is 6.80. The number of nitrogens with two attached hydrogens (primary N) is 1. The van der Waals surface area contributed by atoms with E-state index in [1.165, 1.54) is 31.5 Å². The molecule has 0 saturated heterocycles. The normalized spacial score (nSPS) is 12.1. The van der Waals surface area contributed by atoms with Gasteiger partial charge in [0.2, 0.25) is 0 Å². The fourth-order valence-electron chi connectivity index (χ4n) is 1.96. The lowest BCUT2D eigenvalue weighted by atomic mass is 10.1. The number of hydrogen-bond acceptors (Lipinski definition) is 4. The smallest absolute Gasteiger partial charge is 0.337 e. The minimum Gasteiger partial charge on any atom is -0.478 e. The predicted octanol–water partition coefficient (Wildman–Crippen LogP) is 3.13. The number of aromatic nitrogens is 1. The summed E-state index contributed by atoms with van der Waals surface area (Å²) in [6, 6.07) is 1.64. The van der Waals surface area contributed by atoms with Crippen LogP contribution in [-0.2, 0) is 0 Å². The largest absolute Gasteiger partial charge is 0.478 e. The molecule has 0 spiro atoms. The van der Waals surface area contributed by atoms with Gasteiger partial charge in [0.15, 0.2) is 0 Å². The van der Waals surface area contributed by atoms with E-state index in [1.54, 1.807) is 0 Å². The Morgan fingerprint density at radius 1 is 1.47 bits per heavy atom. The number of unbranched alkanes of at least 4 members (excludes halogenated alkanes) is 3. The van der Waals surface area contributed by atoms with Crippen molar-refractivity contribution in [3.05, 3.63) is 17.8 Å². The van der Waals surface area contributed by atoms with Crippen molar-refractivity contribution >= 4 is 17.5 Å². The molecule has 1 aromatic rings. The summed E-state index contributed by atoms with van der Waals surface area (Å²) in [5.41, 5.74) is 6.10. The van der Waals surface area contributed by atoms with Crippen molar-refractivity contribution in [3.8, 4) is 0 Å². The van der Waals surface area contributed by atoms with Gasteiger partial charge < -0.3 is 16.2 Å². The molecule has 1 aromatic heterocycles. The Morgan fingerprint density at radius 3 is 2.84 bits per heavy atom. The molecule has 1 unspecified atom stereocenters. The molecular formula is C14H23N3O2. The van der Waals surface area contributed by atoms with Crippen LogP contribution in [-0.4, -0.2) is 22.1 Å². The van der Waals surface area contributed by atoms with E-state index in [2.05, 4.69) is 24.1 Å². The highest BCUT2D eigenvalue weighted by Gasteiger charge is 2.13. The van der Waals surface area contributed by atoms with Gasteiger partial charge in [0.05, 0.1) is 11.3 Å². The van der Waals surface area contributed by atoms with E-state index in [4.69, 9.17) is 10.8 Å². The quantitative estimate of drug-likeness (QED) is 0.628. The summed E-state index contributed by atoms with van der Waals surface area (Å²) < 4.78 is 0. The maximum Gasteiger partial charge on any atom is 0.337 e. The zero-order chi connectivity index (χ0) is 14.3. The monoisotopic (exact) mass is 265 g/mol. The first-order chi connectivity index (χ1) is 9.06. The van der Waals surface area contributed by atoms with Crippen LogP contribution in [0.5, 0.6) is 0 Å². The lowest BCUT2D eigenvalue weighted by Gasteiger charge is -2.16. The SMILES string of the molecule is CCCCCCC(C)Nc1nccc(C(=O)O)c1N. The number of carbonyl (C=O) groups is 1. The summed E-state index contributed by atoms with van der Waals surface area (Å²) in [7, 11) is 0. The number of nitrogen functional groups attached to an aromatic ring is 1. The summed E-state index contributed by atoms with van der Waals surface area (Å²) in [6.45, 7) is 4.24. The molecule has 0 aliphatic heterocycles. The van der Waals surface area contributed by atoms with Crippen LogP contribution in [0.15, 0.2) is 12.3 Å². The van der Waals surface area contributed by atoms with Crippen LogP contribution in [0.3, 0.4) is 0 Å². The Kier molecular flexibility index (Phi) is 6.12. The fraction of sp³-hybridized carbons (Fsp3) is 0.571. The molecule has 1 rings (SSSR count). The molecule has 0 aliphatic carbocycles. The summed E-state index contributed by atoms with van der Waals surface area (Å²) in [5, 5.41) is 12.2. The molecule has 0 aliphatic rings. The van der Waals surface area contributed by atoms with E-state index in [0.29, 0.717) is 5.82 Å². The topological polar surface area (TPSA) is 88.2 Å². The summed E-state index contributed by atoms with van der Waals surface area (Å²) >= 11 is 0. The average molecular weight is 265 g/mol. The molecule has 0 radical (unpaired) electrons. The standard InChI is InChI=1S/C14H23N3O2/c1-3-4-5-6-7-10(2)17-13-12(15)11(14(18)19)8-9-16-13/h8-10H,3-7,15H2,1-2H3,(H,16,17)(H,18,19). The van der Waals surface area contributed by atoms with Gasteiger partial charge in [-0.2, -0.15) is 0 Å². The molecule has 0 fully saturated rings. The second kappa shape index (κ2) is 7.61. The molecule has 0 aromatic carbocycles. The predicted molar refractivity (Wildman–Crippen MR) is 77.5 cm³/mol. The van der Waals surface area contributed by atoms with Gasteiger partial charge in [-0.05, 0) is 19.4 Å². The Morgan fingerprint density at radius 2 is 2.21 bits per heavy atom. The van der Waals surface area contributed by atoms with Crippen LogP contribution in [0, 0.1) is 0 Å². The van der Waals surface area contributed by atoms with Crippen LogP contribution < -0.4 is 11.1 Å². The number of nitrogens with one attached hydrogen (secondary N) is 1. The van der Waals surface area contributed by atoms with Gasteiger partial charge in [-0.25, -0.2) is 9.78 Å². The Bertz CT molecular complexity index is 421. The van der Waals surface area contributed by atoms with Crippen molar-refractivity contribution in [1.29, 1.82) is 0 Å². The van der Waals surface area contributed by atoms with Crippen LogP contribution in [0.4, 0.5) is 11.5 Å². The van der Waals surface area contributed by atoms with E-state index in [-0.39, 0.29) is 17.3 Å². The lowest BCUT2D eigenvalue weighted by Crippen LogP contribution is -2.18. The molecule has 19 heavy (non-hydrogen) atoms. The molecule has 1 heterocycles. The van der Waals surface area contributed by atoms with E-state index < -0.39 is 5.97 Å². The molecular weight excluding hydrogens is 242 g/mol. The van der Waals surface area contributed by atoms with Gasteiger partial charge in [-0.15, -0.1) is 0 Å². The zero-order valence-electron chi connectivity index (χ0n) is 11.6. The van der Waals surface area contributed by atoms with Crippen molar-refractivity contribution in [2.75, 3.05) is 11.1 Å². The van der Waals surface area contributed by atoms with Gasteiger partial charge in [-0.1, -0.05) is 32.6 Å². The summed E-state index contributed by atoms with van der Waals surface area (Å²) in [4.78, 5) is 15.1. The van der Waals surface area contributed by atoms with Crippen molar-refractivity contribution in [1.82, 2.24) is 4.98 Å². The molecule has 106 valence electrons. The molecule has 0 amide bonds. The van der Waals surface area contributed by atoms with Crippen LogP contribution in [0.2, 0.25) is 0 Å². The number of aromatic carboxylic acids is 1. The van der Waals surface area contributed by atoms with Gasteiger partial charge in [0.1, 0.15) is 5.82 Å². The number of rotatable bonds is 8. The number of carboxylic acids is 1. The first-order valence-electron chi connectivity index (χ1n) is 6.80. The third-order valence-corrected chi connectivity index (χ3v) is 3.09. The molecule has 5 heteroatoms. The summed E-state index contributed by atoms with van der Waals surface area (Å²) in [6.07, 6.45) is 7.34. The fourth-order valence-corrected chi connectivity index (χ4v) is 1.96. The molecule has 0 saturated carbocycles. The molecule has 4 N–H and O–H groups in total. The third kappa shape index (κ3) is 4.77. The van der Waals surface area contributed by atoms with E-state index >= 15 is 0 Å². The molecule has 5 nitrogen and oxygen atoms in total. The minimum atomic E-state index is -1.03. The summed E-state index contributed by atoms with van der Waals surface area (Å²) in [5.74, 6) is -0.568. The zero-order valence-corrected chi connectivity index (χ0v) is 11.6.